The fourth-order valence-corrected chi connectivity index (χ4v) is 4.42. The van der Waals surface area contributed by atoms with Crippen LogP contribution in [-0.4, -0.2) is 20.9 Å². The van der Waals surface area contributed by atoms with Gasteiger partial charge in [-0.3, -0.25) is 9.56 Å². The first-order valence-electron chi connectivity index (χ1n) is 7.90. The third-order valence-electron chi connectivity index (χ3n) is 3.87. The van der Waals surface area contributed by atoms with Gasteiger partial charge in [-0.25, -0.2) is 4.98 Å². The summed E-state index contributed by atoms with van der Waals surface area (Å²) < 4.78 is 1.80. The van der Waals surface area contributed by atoms with E-state index in [0.717, 1.165) is 32.2 Å². The van der Waals surface area contributed by atoms with Gasteiger partial charge in [0.2, 0.25) is 11.0 Å². The zero-order valence-electron chi connectivity index (χ0n) is 13.8. The average Bonchev–Trinajstić information content (AvgIpc) is 3.28. The summed E-state index contributed by atoms with van der Waals surface area (Å²) in [6.45, 7) is 4.57. The van der Waals surface area contributed by atoms with Crippen LogP contribution in [0.5, 0.6) is 5.88 Å². The number of thiazole rings is 2. The summed E-state index contributed by atoms with van der Waals surface area (Å²) in [5.41, 5.74) is 3.98. The summed E-state index contributed by atoms with van der Waals surface area (Å²) in [4.78, 5) is 14.9. The number of nitrogens with zero attached hydrogens (tertiary/aromatic N) is 4. The Balaban J connectivity index is 1.81. The fourth-order valence-electron chi connectivity index (χ4n) is 2.65. The lowest BCUT2D eigenvalue weighted by molar-refractivity contribution is 0.416. The molecule has 25 heavy (non-hydrogen) atoms. The summed E-state index contributed by atoms with van der Waals surface area (Å²) in [5.74, 6) is 0.227. The first-order chi connectivity index (χ1) is 12.2. The predicted octanol–water partition coefficient (Wildman–Crippen LogP) is 4.53. The number of rotatable bonds is 3. The molecule has 5 nitrogen and oxygen atoms in total. The van der Waals surface area contributed by atoms with Crippen LogP contribution in [0, 0.1) is 6.92 Å². The van der Waals surface area contributed by atoms with Crippen molar-refractivity contribution >= 4 is 51.4 Å². The van der Waals surface area contributed by atoms with Crippen LogP contribution in [-0.2, 0) is 6.54 Å². The molecule has 126 valence electrons. The van der Waals surface area contributed by atoms with E-state index in [2.05, 4.69) is 15.0 Å². The second-order valence-corrected chi connectivity index (χ2v) is 7.42. The topological polar surface area (TPSA) is 62.8 Å². The van der Waals surface area contributed by atoms with E-state index < -0.39 is 0 Å². The summed E-state index contributed by atoms with van der Waals surface area (Å²) >= 11 is 2.95. The second-order valence-electron chi connectivity index (χ2n) is 5.58. The Morgan fingerprint density at radius 3 is 2.92 bits per heavy atom. The molecule has 7 heteroatoms. The highest BCUT2D eigenvalue weighted by atomic mass is 32.1. The van der Waals surface area contributed by atoms with E-state index in [1.807, 2.05) is 55.8 Å². The van der Waals surface area contributed by atoms with Gasteiger partial charge >= 0.3 is 0 Å². The van der Waals surface area contributed by atoms with E-state index in [4.69, 9.17) is 0 Å². The first kappa shape index (κ1) is 16.0. The van der Waals surface area contributed by atoms with Crippen molar-refractivity contribution in [1.82, 2.24) is 9.55 Å². The van der Waals surface area contributed by atoms with E-state index >= 15 is 0 Å². The molecular formula is C18H16N4OS2. The highest BCUT2D eigenvalue weighted by molar-refractivity contribution is 7.13. The van der Waals surface area contributed by atoms with Crippen LogP contribution in [0.1, 0.15) is 23.1 Å². The third kappa shape index (κ3) is 2.96. The number of hydrogen-bond donors (Lipinski definition) is 1. The molecule has 0 aliphatic carbocycles. The fraction of sp³-hybridized carbons (Fsp3) is 0.167. The van der Waals surface area contributed by atoms with Crippen LogP contribution >= 0.6 is 22.7 Å². The Morgan fingerprint density at radius 2 is 2.16 bits per heavy atom. The van der Waals surface area contributed by atoms with Crippen LogP contribution in [0.4, 0.5) is 10.8 Å². The van der Waals surface area contributed by atoms with Gasteiger partial charge in [0.15, 0.2) is 4.80 Å². The van der Waals surface area contributed by atoms with Crippen molar-refractivity contribution in [3.05, 3.63) is 50.6 Å². The van der Waals surface area contributed by atoms with Gasteiger partial charge in [-0.1, -0.05) is 29.5 Å². The number of hydrogen-bond acceptors (Lipinski definition) is 6. The van der Waals surface area contributed by atoms with E-state index in [-0.39, 0.29) is 5.88 Å². The molecule has 3 aromatic rings. The molecule has 0 saturated heterocycles. The Bertz CT molecular complexity index is 1070. The van der Waals surface area contributed by atoms with Crippen LogP contribution in [0.15, 0.2) is 39.6 Å². The molecule has 2 aromatic heterocycles. The van der Waals surface area contributed by atoms with Gasteiger partial charge in [-0.05, 0) is 26.0 Å². The standard InChI is InChI=1S/C18H16N4OS2/c1-3-22-16(23)15(25-18(22)21-17-20-11(2)10-24-17)8-12-9-19-14-7-5-4-6-13(12)14/h4-10,23H,3H2,1-2H3/b12-8+,21-18+. The number of allylic oxidation sites excluding steroid dienone is 1. The maximum Gasteiger partial charge on any atom is 0.211 e. The number of benzene rings is 1. The number of para-hydroxylation sites is 1. The smallest absolute Gasteiger partial charge is 0.211 e. The summed E-state index contributed by atoms with van der Waals surface area (Å²) in [6, 6.07) is 7.99. The van der Waals surface area contributed by atoms with Crippen LogP contribution < -0.4 is 4.80 Å². The number of aliphatic imine (C=N–C) groups is 1. The van der Waals surface area contributed by atoms with Gasteiger partial charge in [0, 0.05) is 29.3 Å². The van der Waals surface area contributed by atoms with Crippen LogP contribution in [0.25, 0.3) is 11.6 Å². The maximum absolute atomic E-state index is 10.6. The molecule has 1 N–H and O–H groups in total. The minimum absolute atomic E-state index is 0.227. The van der Waals surface area contributed by atoms with Crippen molar-refractivity contribution < 1.29 is 5.11 Å². The van der Waals surface area contributed by atoms with E-state index in [9.17, 15) is 5.11 Å². The van der Waals surface area contributed by atoms with Gasteiger partial charge in [0.25, 0.3) is 0 Å². The SMILES string of the molecule is CCn1c(O)c(/C=C2\C=Nc3ccccc32)s/c1=N/c1nc(C)cs1. The van der Waals surface area contributed by atoms with Gasteiger partial charge < -0.3 is 5.11 Å². The van der Waals surface area contributed by atoms with Crippen molar-refractivity contribution in [2.24, 2.45) is 9.98 Å². The van der Waals surface area contributed by atoms with Crippen molar-refractivity contribution in [2.75, 3.05) is 0 Å². The largest absolute Gasteiger partial charge is 0.493 e. The molecule has 1 aliphatic heterocycles. The minimum Gasteiger partial charge on any atom is -0.493 e. The molecule has 0 fully saturated rings. The lowest BCUT2D eigenvalue weighted by Gasteiger charge is -2.00. The molecule has 4 rings (SSSR count). The van der Waals surface area contributed by atoms with Crippen LogP contribution in [0.3, 0.4) is 0 Å². The number of fused-ring (bicyclic) bond motifs is 1. The minimum atomic E-state index is 0.227. The van der Waals surface area contributed by atoms with Gasteiger partial charge in [-0.2, -0.15) is 4.99 Å². The van der Waals surface area contributed by atoms with Gasteiger partial charge in [0.1, 0.15) is 0 Å². The van der Waals surface area contributed by atoms with E-state index in [1.165, 1.54) is 22.7 Å². The highest BCUT2D eigenvalue weighted by Crippen LogP contribution is 2.34. The van der Waals surface area contributed by atoms with E-state index in [1.54, 1.807) is 4.57 Å². The molecule has 1 aromatic carbocycles. The van der Waals surface area contributed by atoms with Crippen molar-refractivity contribution in [2.45, 2.75) is 20.4 Å². The lowest BCUT2D eigenvalue weighted by atomic mass is 10.1. The monoisotopic (exact) mass is 368 g/mol. The second kappa shape index (κ2) is 6.42. The van der Waals surface area contributed by atoms with Crippen molar-refractivity contribution in [3.63, 3.8) is 0 Å². The predicted molar refractivity (Wildman–Crippen MR) is 104 cm³/mol. The normalized spacial score (nSPS) is 15.3. The molecule has 0 atom stereocenters. The molecule has 3 heterocycles. The Kier molecular flexibility index (Phi) is 4.10. The Labute approximate surface area is 153 Å². The highest BCUT2D eigenvalue weighted by Gasteiger charge is 2.15. The number of aromatic hydroxyl groups is 1. The van der Waals surface area contributed by atoms with Gasteiger partial charge in [0.05, 0.1) is 16.3 Å². The zero-order valence-corrected chi connectivity index (χ0v) is 15.4. The van der Waals surface area contributed by atoms with E-state index in [0.29, 0.717) is 11.7 Å². The molecule has 0 amide bonds. The summed E-state index contributed by atoms with van der Waals surface area (Å²) in [5, 5.41) is 13.3. The molecule has 0 radical (unpaired) electrons. The van der Waals surface area contributed by atoms with Crippen molar-refractivity contribution in [3.8, 4) is 5.88 Å². The molecule has 0 saturated carbocycles. The Hall–Kier alpha value is -2.51. The molecule has 1 aliphatic rings. The Morgan fingerprint density at radius 1 is 1.32 bits per heavy atom. The first-order valence-corrected chi connectivity index (χ1v) is 9.60. The van der Waals surface area contributed by atoms with Gasteiger partial charge in [-0.15, -0.1) is 11.3 Å². The zero-order chi connectivity index (χ0) is 17.4. The van der Waals surface area contributed by atoms with Crippen molar-refractivity contribution in [1.29, 1.82) is 0 Å². The summed E-state index contributed by atoms with van der Waals surface area (Å²) in [6.07, 6.45) is 3.80. The summed E-state index contributed by atoms with van der Waals surface area (Å²) in [7, 11) is 0. The molecule has 0 spiro atoms. The number of aryl methyl sites for hydroxylation is 1. The third-order valence-corrected chi connectivity index (χ3v) is 5.73. The molecule has 0 bridgehead atoms. The number of aromatic nitrogens is 2. The average molecular weight is 368 g/mol. The lowest BCUT2D eigenvalue weighted by Crippen LogP contribution is -2.12. The molecule has 0 unspecified atom stereocenters. The van der Waals surface area contributed by atoms with Crippen LogP contribution in [0.2, 0.25) is 0 Å². The maximum atomic E-state index is 10.6. The quantitative estimate of drug-likeness (QED) is 0.738. The molecular weight excluding hydrogens is 352 g/mol.